The zero-order valence-corrected chi connectivity index (χ0v) is 12.3. The molecule has 1 saturated heterocycles. The number of halogens is 1. The second-order valence-electron chi connectivity index (χ2n) is 5.02. The lowest BCUT2D eigenvalue weighted by atomic mass is 10.2. The first kappa shape index (κ1) is 13.9. The fourth-order valence-electron chi connectivity index (χ4n) is 2.38. The Balaban J connectivity index is 1.95. The van der Waals surface area contributed by atoms with E-state index in [0.717, 1.165) is 12.8 Å². The Kier molecular flexibility index (Phi) is 3.59. The quantitative estimate of drug-likeness (QED) is 0.619. The second kappa shape index (κ2) is 5.40. The third-order valence-corrected chi connectivity index (χ3v) is 3.81. The summed E-state index contributed by atoms with van der Waals surface area (Å²) in [4.78, 5) is 33.7. The lowest BCUT2D eigenvalue weighted by Gasteiger charge is -2.17. The number of carbonyl (C=O) groups excluding carboxylic acids is 2. The number of imide groups is 1. The molecule has 3 heterocycles. The maximum absolute atomic E-state index is 12.0. The Labute approximate surface area is 125 Å². The SMILES string of the molecule is Cn1ncc2c(Cl)nc(CN3C(=O)CCCCC3=O)nc21. The summed E-state index contributed by atoms with van der Waals surface area (Å²) in [6.45, 7) is 0.0541. The van der Waals surface area contributed by atoms with E-state index in [4.69, 9.17) is 11.6 Å². The Hall–Kier alpha value is -2.02. The molecule has 21 heavy (non-hydrogen) atoms. The number of fused-ring (bicyclic) bond motifs is 1. The first-order valence-corrected chi connectivity index (χ1v) is 7.11. The van der Waals surface area contributed by atoms with Crippen molar-refractivity contribution >= 4 is 34.4 Å². The molecule has 2 amide bonds. The molecular formula is C13H14ClN5O2. The van der Waals surface area contributed by atoms with Gasteiger partial charge < -0.3 is 0 Å². The molecule has 0 aliphatic carbocycles. The summed E-state index contributed by atoms with van der Waals surface area (Å²) in [5.74, 6) is -0.00986. The summed E-state index contributed by atoms with van der Waals surface area (Å²) >= 11 is 6.11. The van der Waals surface area contributed by atoms with Crippen molar-refractivity contribution in [2.24, 2.45) is 7.05 Å². The average molecular weight is 308 g/mol. The highest BCUT2D eigenvalue weighted by molar-refractivity contribution is 6.33. The van der Waals surface area contributed by atoms with Crippen molar-refractivity contribution in [2.75, 3.05) is 0 Å². The van der Waals surface area contributed by atoms with Gasteiger partial charge in [-0.3, -0.25) is 19.2 Å². The van der Waals surface area contributed by atoms with Crippen molar-refractivity contribution in [2.45, 2.75) is 32.2 Å². The molecule has 110 valence electrons. The van der Waals surface area contributed by atoms with Gasteiger partial charge >= 0.3 is 0 Å². The van der Waals surface area contributed by atoms with Crippen molar-refractivity contribution in [3.63, 3.8) is 0 Å². The minimum atomic E-state index is -0.178. The fourth-order valence-corrected chi connectivity index (χ4v) is 2.61. The van der Waals surface area contributed by atoms with Gasteiger partial charge in [-0.25, -0.2) is 9.97 Å². The maximum atomic E-state index is 12.0. The summed E-state index contributed by atoms with van der Waals surface area (Å²) in [6, 6.07) is 0. The number of carbonyl (C=O) groups is 2. The monoisotopic (exact) mass is 307 g/mol. The zero-order chi connectivity index (χ0) is 15.0. The summed E-state index contributed by atoms with van der Waals surface area (Å²) in [6.07, 6.45) is 3.83. The van der Waals surface area contributed by atoms with Gasteiger partial charge in [-0.05, 0) is 12.8 Å². The molecule has 1 aliphatic heterocycles. The van der Waals surface area contributed by atoms with Crippen LogP contribution in [0.4, 0.5) is 0 Å². The molecule has 2 aromatic rings. The number of hydrogen-bond donors (Lipinski definition) is 0. The second-order valence-corrected chi connectivity index (χ2v) is 5.37. The van der Waals surface area contributed by atoms with E-state index < -0.39 is 0 Å². The molecule has 0 radical (unpaired) electrons. The lowest BCUT2D eigenvalue weighted by Crippen LogP contribution is -2.35. The molecule has 1 fully saturated rings. The Bertz CT molecular complexity index is 709. The van der Waals surface area contributed by atoms with Crippen LogP contribution in [0.3, 0.4) is 0 Å². The van der Waals surface area contributed by atoms with Crippen molar-refractivity contribution < 1.29 is 9.59 Å². The van der Waals surface area contributed by atoms with Gasteiger partial charge in [0.25, 0.3) is 0 Å². The molecule has 0 bridgehead atoms. The lowest BCUT2D eigenvalue weighted by molar-refractivity contribution is -0.144. The van der Waals surface area contributed by atoms with E-state index in [2.05, 4.69) is 15.1 Å². The van der Waals surface area contributed by atoms with Crippen LogP contribution >= 0.6 is 11.6 Å². The Morgan fingerprint density at radius 2 is 1.86 bits per heavy atom. The van der Waals surface area contributed by atoms with E-state index in [-0.39, 0.29) is 23.5 Å². The summed E-state index contributed by atoms with van der Waals surface area (Å²) in [7, 11) is 1.75. The molecule has 0 N–H and O–H groups in total. The smallest absolute Gasteiger partial charge is 0.229 e. The highest BCUT2D eigenvalue weighted by Crippen LogP contribution is 2.21. The van der Waals surface area contributed by atoms with Crippen molar-refractivity contribution in [3.8, 4) is 0 Å². The van der Waals surface area contributed by atoms with Crippen LogP contribution in [0, 0.1) is 0 Å². The van der Waals surface area contributed by atoms with Crippen LogP contribution < -0.4 is 0 Å². The topological polar surface area (TPSA) is 81.0 Å². The predicted molar refractivity (Wildman–Crippen MR) is 75.3 cm³/mol. The van der Waals surface area contributed by atoms with Gasteiger partial charge in [-0.1, -0.05) is 11.6 Å². The van der Waals surface area contributed by atoms with Crippen LogP contribution in [0.25, 0.3) is 11.0 Å². The zero-order valence-electron chi connectivity index (χ0n) is 11.5. The number of likely N-dealkylation sites (tertiary alicyclic amines) is 1. The number of aromatic nitrogens is 4. The first-order chi connectivity index (χ1) is 10.1. The van der Waals surface area contributed by atoms with Crippen molar-refractivity contribution in [3.05, 3.63) is 17.2 Å². The van der Waals surface area contributed by atoms with Gasteiger partial charge in [0.2, 0.25) is 11.8 Å². The summed E-state index contributed by atoms with van der Waals surface area (Å²) < 4.78 is 1.58. The van der Waals surface area contributed by atoms with Gasteiger partial charge in [0.1, 0.15) is 5.15 Å². The normalized spacial score (nSPS) is 16.6. The summed E-state index contributed by atoms with van der Waals surface area (Å²) in [5, 5.41) is 5.00. The van der Waals surface area contributed by atoms with Crippen molar-refractivity contribution in [1.82, 2.24) is 24.6 Å². The molecule has 0 atom stereocenters. The average Bonchev–Trinajstić information content (AvgIpc) is 2.75. The fraction of sp³-hybridized carbons (Fsp3) is 0.462. The van der Waals surface area contributed by atoms with Gasteiger partial charge in [-0.15, -0.1) is 0 Å². The van der Waals surface area contributed by atoms with Crippen molar-refractivity contribution in [1.29, 1.82) is 0 Å². The molecule has 3 rings (SSSR count). The van der Waals surface area contributed by atoms with Gasteiger partial charge in [-0.2, -0.15) is 5.10 Å². The van der Waals surface area contributed by atoms with Crippen LogP contribution in [0.5, 0.6) is 0 Å². The van der Waals surface area contributed by atoms with Crippen LogP contribution in [-0.4, -0.2) is 36.5 Å². The summed E-state index contributed by atoms with van der Waals surface area (Å²) in [5.41, 5.74) is 0.583. The Morgan fingerprint density at radius 1 is 1.19 bits per heavy atom. The minimum absolute atomic E-state index is 0.0541. The van der Waals surface area contributed by atoms with Crippen LogP contribution in [-0.2, 0) is 23.2 Å². The third kappa shape index (κ3) is 2.61. The number of aryl methyl sites for hydroxylation is 1. The van der Waals surface area contributed by atoms with Crippen LogP contribution in [0.2, 0.25) is 5.15 Å². The van der Waals surface area contributed by atoms with E-state index in [1.165, 1.54) is 4.90 Å². The Morgan fingerprint density at radius 3 is 2.52 bits per heavy atom. The largest absolute Gasteiger partial charge is 0.275 e. The maximum Gasteiger partial charge on any atom is 0.229 e. The molecule has 8 heteroatoms. The molecular weight excluding hydrogens is 294 g/mol. The molecule has 0 saturated carbocycles. The van der Waals surface area contributed by atoms with Gasteiger partial charge in [0.05, 0.1) is 18.1 Å². The molecule has 1 aliphatic rings. The number of hydrogen-bond acceptors (Lipinski definition) is 5. The molecule has 7 nitrogen and oxygen atoms in total. The predicted octanol–water partition coefficient (Wildman–Crippen LogP) is 1.45. The number of amides is 2. The van der Waals surface area contributed by atoms with E-state index >= 15 is 0 Å². The van der Waals surface area contributed by atoms with E-state index in [1.54, 1.807) is 17.9 Å². The molecule has 0 unspecified atom stereocenters. The molecule has 0 spiro atoms. The van der Waals surface area contributed by atoms with E-state index in [0.29, 0.717) is 29.7 Å². The number of nitrogens with zero attached hydrogens (tertiary/aromatic N) is 5. The van der Waals surface area contributed by atoms with Gasteiger partial charge in [0.15, 0.2) is 11.5 Å². The first-order valence-electron chi connectivity index (χ1n) is 6.73. The van der Waals surface area contributed by atoms with E-state index in [9.17, 15) is 9.59 Å². The van der Waals surface area contributed by atoms with E-state index in [1.807, 2.05) is 0 Å². The highest BCUT2D eigenvalue weighted by Gasteiger charge is 2.25. The van der Waals surface area contributed by atoms with Crippen LogP contribution in [0.1, 0.15) is 31.5 Å². The third-order valence-electron chi connectivity index (χ3n) is 3.52. The van der Waals surface area contributed by atoms with Crippen LogP contribution in [0.15, 0.2) is 6.20 Å². The molecule has 0 aromatic carbocycles. The number of rotatable bonds is 2. The van der Waals surface area contributed by atoms with Gasteiger partial charge in [0, 0.05) is 19.9 Å². The standard InChI is InChI=1S/C13H14ClN5O2/c1-18-13-8(6-15-18)12(14)16-9(17-13)7-19-10(20)4-2-3-5-11(19)21/h6H,2-5,7H2,1H3. The highest BCUT2D eigenvalue weighted by atomic mass is 35.5. The minimum Gasteiger partial charge on any atom is -0.275 e. The molecule has 2 aromatic heterocycles.